The molecule has 0 unspecified atom stereocenters. The van der Waals surface area contributed by atoms with E-state index in [2.05, 4.69) is 68.3 Å². The molecule has 3 rings (SSSR count). The Labute approximate surface area is 171 Å². The molecule has 0 aliphatic carbocycles. The quantitative estimate of drug-likeness (QED) is 0.548. The van der Waals surface area contributed by atoms with Crippen LogP contribution in [0.3, 0.4) is 0 Å². The van der Waals surface area contributed by atoms with Crippen LogP contribution in [0, 0.1) is 6.92 Å². The molecule has 0 saturated carbocycles. The SMILES string of the molecule is CCNC(=NCc1ccc(N2CCN(CC)CC2)nc1)NCc1ncc(C)s1. The summed E-state index contributed by atoms with van der Waals surface area (Å²) in [4.78, 5) is 19.8. The van der Waals surface area contributed by atoms with E-state index >= 15 is 0 Å². The van der Waals surface area contributed by atoms with E-state index in [1.165, 1.54) is 4.88 Å². The van der Waals surface area contributed by atoms with Crippen molar-refractivity contribution in [2.24, 2.45) is 4.99 Å². The second-order valence-corrected chi connectivity index (χ2v) is 8.18. The average Bonchev–Trinajstić information content (AvgIpc) is 3.16. The van der Waals surface area contributed by atoms with Crippen molar-refractivity contribution in [3.8, 4) is 0 Å². The molecule has 0 aromatic carbocycles. The average molecular weight is 402 g/mol. The van der Waals surface area contributed by atoms with Crippen LogP contribution in [0.5, 0.6) is 0 Å². The smallest absolute Gasteiger partial charge is 0.191 e. The van der Waals surface area contributed by atoms with Crippen LogP contribution < -0.4 is 15.5 Å². The fourth-order valence-electron chi connectivity index (χ4n) is 3.15. The van der Waals surface area contributed by atoms with Gasteiger partial charge in [0.2, 0.25) is 0 Å². The highest BCUT2D eigenvalue weighted by Crippen LogP contribution is 2.14. The van der Waals surface area contributed by atoms with Crippen molar-refractivity contribution in [1.82, 2.24) is 25.5 Å². The molecule has 2 aromatic rings. The first kappa shape index (κ1) is 20.5. The van der Waals surface area contributed by atoms with Crippen LogP contribution in [-0.2, 0) is 13.1 Å². The van der Waals surface area contributed by atoms with Gasteiger partial charge in [-0.05, 0) is 32.0 Å². The molecule has 0 radical (unpaired) electrons. The van der Waals surface area contributed by atoms with Crippen molar-refractivity contribution in [1.29, 1.82) is 0 Å². The summed E-state index contributed by atoms with van der Waals surface area (Å²) in [6.07, 6.45) is 3.85. The van der Waals surface area contributed by atoms with E-state index in [4.69, 9.17) is 0 Å². The minimum absolute atomic E-state index is 0.600. The lowest BCUT2D eigenvalue weighted by molar-refractivity contribution is 0.270. The first-order valence-corrected chi connectivity index (χ1v) is 10.8. The first-order valence-electron chi connectivity index (χ1n) is 10.0. The summed E-state index contributed by atoms with van der Waals surface area (Å²) in [5.41, 5.74) is 1.11. The number of piperazine rings is 1. The van der Waals surface area contributed by atoms with Gasteiger partial charge in [0.05, 0.1) is 13.1 Å². The van der Waals surface area contributed by atoms with Crippen LogP contribution in [0.25, 0.3) is 0 Å². The first-order chi connectivity index (χ1) is 13.7. The van der Waals surface area contributed by atoms with Crippen molar-refractivity contribution in [3.63, 3.8) is 0 Å². The Kier molecular flexibility index (Phi) is 7.62. The van der Waals surface area contributed by atoms with Crippen LogP contribution >= 0.6 is 11.3 Å². The number of thiazole rings is 1. The van der Waals surface area contributed by atoms with E-state index in [1.807, 2.05) is 12.4 Å². The standard InChI is InChI=1S/C20H31N7S/c1-4-21-20(25-15-19-23-12-16(3)28-19)24-14-17-6-7-18(22-13-17)27-10-8-26(5-2)9-11-27/h6-7,12-13H,4-5,8-11,14-15H2,1-3H3,(H2,21,24,25). The van der Waals surface area contributed by atoms with Crippen molar-refractivity contribution in [2.75, 3.05) is 44.2 Å². The Bertz CT molecular complexity index is 748. The predicted molar refractivity (Wildman–Crippen MR) is 117 cm³/mol. The molecule has 28 heavy (non-hydrogen) atoms. The third-order valence-electron chi connectivity index (χ3n) is 4.79. The molecule has 0 amide bonds. The predicted octanol–water partition coefficient (Wildman–Crippen LogP) is 2.24. The van der Waals surface area contributed by atoms with Crippen LogP contribution in [0.2, 0.25) is 0 Å². The largest absolute Gasteiger partial charge is 0.357 e. The van der Waals surface area contributed by atoms with Gasteiger partial charge in [0, 0.05) is 50.0 Å². The number of guanidine groups is 1. The third kappa shape index (κ3) is 5.90. The van der Waals surface area contributed by atoms with E-state index in [0.29, 0.717) is 13.1 Å². The van der Waals surface area contributed by atoms with E-state index in [0.717, 1.165) is 61.6 Å². The maximum Gasteiger partial charge on any atom is 0.191 e. The molecule has 3 heterocycles. The molecular formula is C20H31N7S. The number of hydrogen-bond donors (Lipinski definition) is 2. The maximum absolute atomic E-state index is 4.68. The van der Waals surface area contributed by atoms with Gasteiger partial charge in [0.1, 0.15) is 10.8 Å². The highest BCUT2D eigenvalue weighted by molar-refractivity contribution is 7.11. The number of aromatic nitrogens is 2. The minimum Gasteiger partial charge on any atom is -0.357 e. The number of pyridine rings is 1. The number of aliphatic imine (C=N–C) groups is 1. The number of likely N-dealkylation sites (N-methyl/N-ethyl adjacent to an activating group) is 1. The Morgan fingerprint density at radius 2 is 1.93 bits per heavy atom. The summed E-state index contributed by atoms with van der Waals surface area (Å²) in [6.45, 7) is 13.9. The molecule has 1 fully saturated rings. The lowest BCUT2D eigenvalue weighted by atomic mass is 10.2. The number of nitrogens with zero attached hydrogens (tertiary/aromatic N) is 5. The molecular weight excluding hydrogens is 370 g/mol. The lowest BCUT2D eigenvalue weighted by Gasteiger charge is -2.34. The van der Waals surface area contributed by atoms with Crippen LogP contribution in [0.1, 0.15) is 29.3 Å². The maximum atomic E-state index is 4.68. The minimum atomic E-state index is 0.600. The molecule has 152 valence electrons. The highest BCUT2D eigenvalue weighted by Gasteiger charge is 2.16. The van der Waals surface area contributed by atoms with Gasteiger partial charge in [-0.1, -0.05) is 13.0 Å². The van der Waals surface area contributed by atoms with Gasteiger partial charge in [0.25, 0.3) is 0 Å². The Morgan fingerprint density at radius 3 is 2.54 bits per heavy atom. The van der Waals surface area contributed by atoms with E-state index < -0.39 is 0 Å². The molecule has 0 spiro atoms. The Morgan fingerprint density at radius 1 is 1.11 bits per heavy atom. The summed E-state index contributed by atoms with van der Waals surface area (Å²) in [5, 5.41) is 7.70. The van der Waals surface area contributed by atoms with E-state index in [1.54, 1.807) is 11.3 Å². The number of anilines is 1. The summed E-state index contributed by atoms with van der Waals surface area (Å²) in [7, 11) is 0. The zero-order chi connectivity index (χ0) is 19.8. The van der Waals surface area contributed by atoms with Crippen molar-refractivity contribution >= 4 is 23.1 Å². The number of aryl methyl sites for hydroxylation is 1. The van der Waals surface area contributed by atoms with Gasteiger partial charge in [-0.3, -0.25) is 0 Å². The van der Waals surface area contributed by atoms with Crippen molar-refractivity contribution in [2.45, 2.75) is 33.9 Å². The Balaban J connectivity index is 1.53. The van der Waals surface area contributed by atoms with E-state index in [9.17, 15) is 0 Å². The molecule has 2 N–H and O–H groups in total. The van der Waals surface area contributed by atoms with Gasteiger partial charge < -0.3 is 20.4 Å². The summed E-state index contributed by atoms with van der Waals surface area (Å²) < 4.78 is 0. The number of nitrogens with one attached hydrogen (secondary N) is 2. The van der Waals surface area contributed by atoms with Gasteiger partial charge in [-0.2, -0.15) is 0 Å². The topological polar surface area (TPSA) is 68.7 Å². The third-order valence-corrected chi connectivity index (χ3v) is 5.71. The molecule has 1 aliphatic rings. The van der Waals surface area contributed by atoms with Crippen molar-refractivity contribution < 1.29 is 0 Å². The summed E-state index contributed by atoms with van der Waals surface area (Å²) in [5.74, 6) is 1.86. The second-order valence-electron chi connectivity index (χ2n) is 6.86. The lowest BCUT2D eigenvalue weighted by Crippen LogP contribution is -2.46. The molecule has 2 aromatic heterocycles. The highest BCUT2D eigenvalue weighted by atomic mass is 32.1. The van der Waals surface area contributed by atoms with Gasteiger partial charge >= 0.3 is 0 Å². The van der Waals surface area contributed by atoms with Crippen molar-refractivity contribution in [3.05, 3.63) is 40.0 Å². The fourth-order valence-corrected chi connectivity index (χ4v) is 3.87. The van der Waals surface area contributed by atoms with Crippen LogP contribution in [0.15, 0.2) is 29.5 Å². The summed E-state index contributed by atoms with van der Waals surface area (Å²) >= 11 is 1.70. The van der Waals surface area contributed by atoms with Crippen LogP contribution in [0.4, 0.5) is 5.82 Å². The van der Waals surface area contributed by atoms with Gasteiger partial charge in [-0.25, -0.2) is 15.0 Å². The molecule has 0 atom stereocenters. The van der Waals surface area contributed by atoms with Gasteiger partial charge in [0.15, 0.2) is 5.96 Å². The molecule has 0 bridgehead atoms. The number of rotatable bonds is 7. The zero-order valence-corrected chi connectivity index (χ0v) is 17.9. The molecule has 7 nitrogen and oxygen atoms in total. The summed E-state index contributed by atoms with van der Waals surface area (Å²) in [6, 6.07) is 4.25. The molecule has 1 saturated heterocycles. The Hall–Kier alpha value is -2.19. The monoisotopic (exact) mass is 401 g/mol. The van der Waals surface area contributed by atoms with Crippen LogP contribution in [-0.4, -0.2) is 60.1 Å². The molecule has 1 aliphatic heterocycles. The zero-order valence-electron chi connectivity index (χ0n) is 17.1. The second kappa shape index (κ2) is 10.4. The van der Waals surface area contributed by atoms with Gasteiger partial charge in [-0.15, -0.1) is 11.3 Å². The molecule has 8 heteroatoms. The number of hydrogen-bond acceptors (Lipinski definition) is 6. The van der Waals surface area contributed by atoms with E-state index in [-0.39, 0.29) is 0 Å². The fraction of sp³-hybridized carbons (Fsp3) is 0.550. The normalized spacial score (nSPS) is 15.7.